The maximum absolute atomic E-state index is 13.1. The lowest BCUT2D eigenvalue weighted by Gasteiger charge is -2.34. The minimum absolute atomic E-state index is 0.0233. The number of hydrogen-bond acceptors (Lipinski definition) is 7. The van der Waals surface area contributed by atoms with Gasteiger partial charge >= 0.3 is 0 Å². The molecule has 10 heteroatoms. The molecule has 1 amide bonds. The number of benzene rings is 1. The molecule has 2 fully saturated rings. The Balaban J connectivity index is 1.41. The van der Waals surface area contributed by atoms with Gasteiger partial charge in [0.05, 0.1) is 24.4 Å². The van der Waals surface area contributed by atoms with E-state index in [0.29, 0.717) is 17.4 Å². The minimum Gasteiger partial charge on any atom is -0.497 e. The van der Waals surface area contributed by atoms with Crippen molar-refractivity contribution in [1.29, 1.82) is 0 Å². The van der Waals surface area contributed by atoms with Crippen LogP contribution in [0.5, 0.6) is 5.75 Å². The summed E-state index contributed by atoms with van der Waals surface area (Å²) >= 11 is 1.28. The van der Waals surface area contributed by atoms with Crippen LogP contribution >= 0.6 is 11.8 Å². The summed E-state index contributed by atoms with van der Waals surface area (Å²) in [7, 11) is -1.43. The number of hydrogen-bond donors (Lipinski definition) is 1. The predicted molar refractivity (Wildman–Crippen MR) is 115 cm³/mol. The maximum Gasteiger partial charge on any atom is 0.233 e. The zero-order chi connectivity index (χ0) is 21.1. The van der Waals surface area contributed by atoms with E-state index < -0.39 is 9.84 Å². The number of ether oxygens (including phenoxy) is 1. The molecule has 30 heavy (non-hydrogen) atoms. The van der Waals surface area contributed by atoms with Crippen molar-refractivity contribution in [2.45, 2.75) is 49.3 Å². The summed E-state index contributed by atoms with van der Waals surface area (Å²) < 4.78 is 29.1. The Morgan fingerprint density at radius 1 is 1.20 bits per heavy atom. The number of carbonyl (C=O) groups is 1. The van der Waals surface area contributed by atoms with E-state index in [9.17, 15) is 13.2 Å². The number of methoxy groups -OCH3 is 1. The smallest absolute Gasteiger partial charge is 0.233 e. The molecule has 2 aromatic rings. The van der Waals surface area contributed by atoms with Gasteiger partial charge in [-0.1, -0.05) is 24.6 Å². The summed E-state index contributed by atoms with van der Waals surface area (Å²) in [5.41, 5.74) is 0.880. The fourth-order valence-corrected chi connectivity index (χ4v) is 6.65. The number of nitrogens with zero attached hydrogens (tertiary/aromatic N) is 3. The number of aromatic nitrogens is 3. The van der Waals surface area contributed by atoms with Crippen LogP contribution in [0.1, 0.15) is 32.1 Å². The van der Waals surface area contributed by atoms with Crippen molar-refractivity contribution in [3.63, 3.8) is 0 Å². The first kappa shape index (κ1) is 21.2. The second kappa shape index (κ2) is 8.97. The Labute approximate surface area is 180 Å². The van der Waals surface area contributed by atoms with Gasteiger partial charge in [0, 0.05) is 17.6 Å². The van der Waals surface area contributed by atoms with Crippen LogP contribution in [0.15, 0.2) is 29.4 Å². The van der Waals surface area contributed by atoms with Gasteiger partial charge in [-0.3, -0.25) is 9.89 Å². The van der Waals surface area contributed by atoms with E-state index in [0.717, 1.165) is 37.0 Å². The van der Waals surface area contributed by atoms with Gasteiger partial charge in [-0.05, 0) is 43.5 Å². The second-order valence-corrected chi connectivity index (χ2v) is 11.0. The second-order valence-electron chi connectivity index (χ2n) is 7.78. The molecule has 8 nitrogen and oxygen atoms in total. The van der Waals surface area contributed by atoms with Crippen molar-refractivity contribution in [1.82, 2.24) is 20.1 Å². The Hall–Kier alpha value is -2.07. The molecule has 162 valence electrons. The summed E-state index contributed by atoms with van der Waals surface area (Å²) in [5.74, 6) is 1.83. The molecular weight excluding hydrogens is 424 g/mol. The molecular formula is C20H26N4O4S2. The number of carbonyl (C=O) groups excluding carboxylic acids is 1. The highest BCUT2D eigenvalue weighted by Crippen LogP contribution is 2.30. The molecule has 1 atom stereocenters. The molecule has 1 saturated carbocycles. The van der Waals surface area contributed by atoms with Crippen LogP contribution in [0.2, 0.25) is 0 Å². The standard InChI is InChI=1S/C20H26N4O4S2/c1-28-17-8-6-14(7-9-17)19-21-20(23-22-19)29-12-18(25)24(15-4-2-3-5-15)16-10-11-30(26,27)13-16/h6-9,15-16H,2-5,10-13H2,1H3,(H,21,22,23)/t16-/m1/s1. The van der Waals surface area contributed by atoms with Gasteiger partial charge in [0.1, 0.15) is 5.75 Å². The summed E-state index contributed by atoms with van der Waals surface area (Å²) in [4.78, 5) is 19.4. The first-order chi connectivity index (χ1) is 14.4. The van der Waals surface area contributed by atoms with Gasteiger partial charge in [-0.25, -0.2) is 13.4 Å². The molecule has 4 rings (SSSR count). The zero-order valence-electron chi connectivity index (χ0n) is 16.9. The molecule has 0 unspecified atom stereocenters. The average molecular weight is 451 g/mol. The van der Waals surface area contributed by atoms with E-state index in [1.807, 2.05) is 29.2 Å². The largest absolute Gasteiger partial charge is 0.497 e. The van der Waals surface area contributed by atoms with Gasteiger partial charge in [0.15, 0.2) is 15.7 Å². The fraction of sp³-hybridized carbons (Fsp3) is 0.550. The molecule has 1 saturated heterocycles. The van der Waals surface area contributed by atoms with Crippen molar-refractivity contribution in [3.8, 4) is 17.1 Å². The molecule has 1 N–H and O–H groups in total. The summed E-state index contributed by atoms with van der Waals surface area (Å²) in [6.45, 7) is 0. The van der Waals surface area contributed by atoms with Gasteiger partial charge in [0.25, 0.3) is 0 Å². The van der Waals surface area contributed by atoms with Crippen molar-refractivity contribution >= 4 is 27.5 Å². The van der Waals surface area contributed by atoms with Crippen LogP contribution in [0, 0.1) is 0 Å². The number of nitrogens with one attached hydrogen (secondary N) is 1. The van der Waals surface area contributed by atoms with E-state index in [1.54, 1.807) is 7.11 Å². The van der Waals surface area contributed by atoms with Crippen LogP contribution in [0.4, 0.5) is 0 Å². The first-order valence-electron chi connectivity index (χ1n) is 10.2. The van der Waals surface area contributed by atoms with Crippen LogP contribution in [-0.4, -0.2) is 70.9 Å². The van der Waals surface area contributed by atoms with E-state index in [2.05, 4.69) is 15.2 Å². The fourth-order valence-electron chi connectivity index (χ4n) is 4.27. The van der Waals surface area contributed by atoms with Gasteiger partial charge in [-0.2, -0.15) is 0 Å². The van der Waals surface area contributed by atoms with Crippen LogP contribution < -0.4 is 4.74 Å². The number of sulfone groups is 1. The molecule has 0 spiro atoms. The highest BCUT2D eigenvalue weighted by molar-refractivity contribution is 7.99. The molecule has 0 bridgehead atoms. The first-order valence-corrected chi connectivity index (χ1v) is 13.0. The number of rotatable bonds is 7. The third kappa shape index (κ3) is 4.80. The lowest BCUT2D eigenvalue weighted by atomic mass is 10.1. The van der Waals surface area contributed by atoms with Crippen LogP contribution in [-0.2, 0) is 14.6 Å². The van der Waals surface area contributed by atoms with Crippen molar-refractivity contribution in [2.75, 3.05) is 24.4 Å². The lowest BCUT2D eigenvalue weighted by molar-refractivity contribution is -0.132. The van der Waals surface area contributed by atoms with Crippen molar-refractivity contribution < 1.29 is 17.9 Å². The molecule has 2 aliphatic rings. The van der Waals surface area contributed by atoms with Gasteiger partial charge in [0.2, 0.25) is 11.1 Å². The number of H-pyrrole nitrogens is 1. The van der Waals surface area contributed by atoms with E-state index in [4.69, 9.17) is 4.74 Å². The van der Waals surface area contributed by atoms with E-state index >= 15 is 0 Å². The number of aromatic amines is 1. The maximum atomic E-state index is 13.1. The summed E-state index contributed by atoms with van der Waals surface area (Å²) in [6.07, 6.45) is 4.63. The molecule has 1 aromatic heterocycles. The van der Waals surface area contributed by atoms with E-state index in [1.165, 1.54) is 11.8 Å². The average Bonchev–Trinajstić information content (AvgIpc) is 3.49. The van der Waals surface area contributed by atoms with Crippen molar-refractivity contribution in [2.24, 2.45) is 0 Å². The van der Waals surface area contributed by atoms with Crippen LogP contribution in [0.25, 0.3) is 11.4 Å². The minimum atomic E-state index is -3.04. The quantitative estimate of drug-likeness (QED) is 0.646. The Morgan fingerprint density at radius 3 is 2.57 bits per heavy atom. The summed E-state index contributed by atoms with van der Waals surface area (Å²) in [6, 6.07) is 7.43. The van der Waals surface area contributed by atoms with Crippen LogP contribution in [0.3, 0.4) is 0 Å². The Morgan fingerprint density at radius 2 is 1.93 bits per heavy atom. The molecule has 1 aromatic carbocycles. The molecule has 0 radical (unpaired) electrons. The molecule has 2 heterocycles. The third-order valence-corrected chi connectivity index (χ3v) is 8.34. The highest BCUT2D eigenvalue weighted by atomic mass is 32.2. The number of amides is 1. The van der Waals surface area contributed by atoms with E-state index in [-0.39, 0.29) is 35.2 Å². The normalized spacial score (nSPS) is 21.0. The SMILES string of the molecule is COc1ccc(-c2nc(SCC(=O)N(C3CCCC3)[C@@H]3CCS(=O)(=O)C3)n[nH]2)cc1. The molecule has 1 aliphatic heterocycles. The lowest BCUT2D eigenvalue weighted by Crippen LogP contribution is -2.47. The topological polar surface area (TPSA) is 105 Å². The van der Waals surface area contributed by atoms with Gasteiger partial charge in [-0.15, -0.1) is 5.10 Å². The van der Waals surface area contributed by atoms with Gasteiger partial charge < -0.3 is 9.64 Å². The summed E-state index contributed by atoms with van der Waals surface area (Å²) in [5, 5.41) is 7.62. The Kier molecular flexibility index (Phi) is 6.33. The Bertz CT molecular complexity index is 984. The molecule has 1 aliphatic carbocycles. The monoisotopic (exact) mass is 450 g/mol. The predicted octanol–water partition coefficient (Wildman–Crippen LogP) is 2.53. The zero-order valence-corrected chi connectivity index (χ0v) is 18.5. The third-order valence-electron chi connectivity index (χ3n) is 5.76. The highest BCUT2D eigenvalue weighted by Gasteiger charge is 2.38. The number of thioether (sulfide) groups is 1. The van der Waals surface area contributed by atoms with Crippen molar-refractivity contribution in [3.05, 3.63) is 24.3 Å².